The number of hydrogen-bond acceptors (Lipinski definition) is 5. The van der Waals surface area contributed by atoms with Crippen LogP contribution in [0.4, 0.5) is 10.1 Å². The second-order valence-electron chi connectivity index (χ2n) is 5.86. The average molecular weight is 352 g/mol. The number of carbonyl (C=O) groups is 1. The van der Waals surface area contributed by atoms with Crippen molar-refractivity contribution in [3.05, 3.63) is 53.6 Å². The van der Waals surface area contributed by atoms with Crippen LogP contribution in [0.1, 0.15) is 29.9 Å². The highest BCUT2D eigenvalue weighted by atomic mass is 32.2. The van der Waals surface area contributed by atoms with E-state index in [4.69, 9.17) is 0 Å². The molecule has 0 aliphatic carbocycles. The first kappa shape index (κ1) is 18.0. The normalized spacial score (nSPS) is 12.0. The summed E-state index contributed by atoms with van der Waals surface area (Å²) in [5.74, 6) is -1.31. The second-order valence-corrected chi connectivity index (χ2v) is 7.84. The summed E-state index contributed by atoms with van der Waals surface area (Å²) >= 11 is 0. The number of benzene rings is 1. The fourth-order valence-corrected chi connectivity index (χ4v) is 2.84. The van der Waals surface area contributed by atoms with E-state index in [0.29, 0.717) is 5.69 Å². The molecule has 0 saturated heterocycles. The molecular formula is C16H17FN2O4S. The SMILES string of the molecule is CC(C)(O)c1ccc(C(=O)Nc2ccc(F)cc2S(C)(=O)=O)cn1. The Morgan fingerprint density at radius 3 is 2.42 bits per heavy atom. The zero-order chi connectivity index (χ0) is 18.1. The van der Waals surface area contributed by atoms with Crippen molar-refractivity contribution in [2.75, 3.05) is 11.6 Å². The summed E-state index contributed by atoms with van der Waals surface area (Å²) in [5, 5.41) is 12.3. The van der Waals surface area contributed by atoms with E-state index in [1.165, 1.54) is 24.4 Å². The van der Waals surface area contributed by atoms with E-state index in [1.54, 1.807) is 13.8 Å². The largest absolute Gasteiger partial charge is 0.384 e. The lowest BCUT2D eigenvalue weighted by molar-refractivity contribution is 0.0737. The van der Waals surface area contributed by atoms with Crippen molar-refractivity contribution >= 4 is 21.4 Å². The topological polar surface area (TPSA) is 96.4 Å². The minimum atomic E-state index is -3.71. The van der Waals surface area contributed by atoms with Gasteiger partial charge >= 0.3 is 0 Å². The Morgan fingerprint density at radius 1 is 1.25 bits per heavy atom. The molecule has 24 heavy (non-hydrogen) atoms. The molecule has 0 atom stereocenters. The van der Waals surface area contributed by atoms with Crippen molar-refractivity contribution in [2.45, 2.75) is 24.3 Å². The highest BCUT2D eigenvalue weighted by molar-refractivity contribution is 7.90. The number of amides is 1. The minimum absolute atomic E-state index is 0.0181. The number of rotatable bonds is 4. The van der Waals surface area contributed by atoms with Gasteiger partial charge in [-0.3, -0.25) is 9.78 Å². The summed E-state index contributed by atoms with van der Waals surface area (Å²) < 4.78 is 36.7. The fraction of sp³-hybridized carbons (Fsp3) is 0.250. The van der Waals surface area contributed by atoms with Gasteiger partial charge in [0.05, 0.1) is 21.8 Å². The predicted octanol–water partition coefficient (Wildman–Crippen LogP) is 2.10. The van der Waals surface area contributed by atoms with Crippen LogP contribution in [0, 0.1) is 5.82 Å². The molecule has 0 fully saturated rings. The van der Waals surface area contributed by atoms with Crippen LogP contribution in [0.2, 0.25) is 0 Å². The van der Waals surface area contributed by atoms with Gasteiger partial charge < -0.3 is 10.4 Å². The van der Waals surface area contributed by atoms with E-state index in [0.717, 1.165) is 18.4 Å². The summed E-state index contributed by atoms with van der Waals surface area (Å²) in [6.07, 6.45) is 2.20. The van der Waals surface area contributed by atoms with E-state index in [-0.39, 0.29) is 16.1 Å². The number of nitrogens with zero attached hydrogens (tertiary/aromatic N) is 1. The number of aromatic nitrogens is 1. The number of nitrogens with one attached hydrogen (secondary N) is 1. The molecular weight excluding hydrogens is 335 g/mol. The molecule has 0 unspecified atom stereocenters. The molecule has 1 amide bonds. The van der Waals surface area contributed by atoms with E-state index in [1.807, 2.05) is 0 Å². The van der Waals surface area contributed by atoms with E-state index in [9.17, 15) is 22.7 Å². The Bertz CT molecular complexity index is 872. The van der Waals surface area contributed by atoms with E-state index in [2.05, 4.69) is 10.3 Å². The van der Waals surface area contributed by atoms with Crippen molar-refractivity contribution in [1.29, 1.82) is 0 Å². The number of aliphatic hydroxyl groups is 1. The molecule has 0 bridgehead atoms. The lowest BCUT2D eigenvalue weighted by Gasteiger charge is -2.16. The second kappa shape index (κ2) is 6.29. The molecule has 8 heteroatoms. The predicted molar refractivity (Wildman–Crippen MR) is 86.9 cm³/mol. The molecule has 2 aromatic rings. The van der Waals surface area contributed by atoms with Crippen molar-refractivity contribution in [3.8, 4) is 0 Å². The maximum atomic E-state index is 13.3. The molecule has 2 rings (SSSR count). The summed E-state index contributed by atoms with van der Waals surface area (Å²) in [4.78, 5) is 15.9. The van der Waals surface area contributed by atoms with Gasteiger partial charge in [0.1, 0.15) is 11.4 Å². The third-order valence-corrected chi connectivity index (χ3v) is 4.38. The summed E-state index contributed by atoms with van der Waals surface area (Å²) in [7, 11) is -3.71. The standard InChI is InChI=1S/C16H17FN2O4S/c1-16(2,21)14-7-4-10(9-18-14)15(20)19-12-6-5-11(17)8-13(12)24(3,22)23/h4-9,21H,1-3H3,(H,19,20). The highest BCUT2D eigenvalue weighted by Gasteiger charge is 2.20. The Morgan fingerprint density at radius 2 is 1.92 bits per heavy atom. The first-order valence-corrected chi connectivity index (χ1v) is 8.87. The number of pyridine rings is 1. The summed E-state index contributed by atoms with van der Waals surface area (Å²) in [6.45, 7) is 3.12. The average Bonchev–Trinajstić information content (AvgIpc) is 2.47. The van der Waals surface area contributed by atoms with Gasteiger partial charge in [-0.15, -0.1) is 0 Å². The Labute approximate surface area is 139 Å². The zero-order valence-electron chi connectivity index (χ0n) is 13.4. The van der Waals surface area contributed by atoms with Gasteiger partial charge in [0.25, 0.3) is 5.91 Å². The molecule has 2 N–H and O–H groups in total. The quantitative estimate of drug-likeness (QED) is 0.878. The number of anilines is 1. The van der Waals surface area contributed by atoms with Gasteiger partial charge in [-0.1, -0.05) is 0 Å². The fourth-order valence-electron chi connectivity index (χ4n) is 1.99. The van der Waals surface area contributed by atoms with Crippen LogP contribution in [0.15, 0.2) is 41.4 Å². The van der Waals surface area contributed by atoms with Gasteiger partial charge in [-0.05, 0) is 44.2 Å². The van der Waals surface area contributed by atoms with Crippen molar-refractivity contribution in [1.82, 2.24) is 4.98 Å². The van der Waals surface area contributed by atoms with E-state index < -0.39 is 27.2 Å². The molecule has 0 aliphatic heterocycles. The molecule has 0 spiro atoms. The molecule has 128 valence electrons. The van der Waals surface area contributed by atoms with Crippen LogP contribution < -0.4 is 5.32 Å². The molecule has 6 nitrogen and oxygen atoms in total. The molecule has 0 radical (unpaired) electrons. The van der Waals surface area contributed by atoms with Crippen LogP contribution in [0.25, 0.3) is 0 Å². The first-order valence-electron chi connectivity index (χ1n) is 6.98. The van der Waals surface area contributed by atoms with Crippen LogP contribution >= 0.6 is 0 Å². The third-order valence-electron chi connectivity index (χ3n) is 3.24. The van der Waals surface area contributed by atoms with Crippen LogP contribution in [0.3, 0.4) is 0 Å². The van der Waals surface area contributed by atoms with Crippen LogP contribution in [-0.4, -0.2) is 30.7 Å². The molecule has 1 aromatic heterocycles. The minimum Gasteiger partial charge on any atom is -0.384 e. The first-order chi connectivity index (χ1) is 11.0. The summed E-state index contributed by atoms with van der Waals surface area (Å²) in [5.41, 5.74) is -0.602. The number of sulfone groups is 1. The molecule has 0 saturated carbocycles. The third kappa shape index (κ3) is 4.15. The van der Waals surface area contributed by atoms with Gasteiger partial charge in [0, 0.05) is 12.5 Å². The van der Waals surface area contributed by atoms with E-state index >= 15 is 0 Å². The Balaban J connectivity index is 2.31. The highest BCUT2D eigenvalue weighted by Crippen LogP contribution is 2.23. The number of carbonyl (C=O) groups excluding carboxylic acids is 1. The lowest BCUT2D eigenvalue weighted by atomic mass is 10.0. The summed E-state index contributed by atoms with van der Waals surface area (Å²) in [6, 6.07) is 6.04. The van der Waals surface area contributed by atoms with Gasteiger partial charge in [0.15, 0.2) is 9.84 Å². The monoisotopic (exact) mass is 352 g/mol. The number of hydrogen-bond donors (Lipinski definition) is 2. The van der Waals surface area contributed by atoms with Crippen molar-refractivity contribution < 1.29 is 22.7 Å². The Hall–Kier alpha value is -2.32. The van der Waals surface area contributed by atoms with Crippen molar-refractivity contribution in [3.63, 3.8) is 0 Å². The van der Waals surface area contributed by atoms with Gasteiger partial charge in [-0.25, -0.2) is 12.8 Å². The maximum Gasteiger partial charge on any atom is 0.257 e. The molecule has 0 aliphatic rings. The molecule has 1 aromatic carbocycles. The van der Waals surface area contributed by atoms with Crippen molar-refractivity contribution in [2.24, 2.45) is 0 Å². The maximum absolute atomic E-state index is 13.3. The van der Waals surface area contributed by atoms with Crippen LogP contribution in [0.5, 0.6) is 0 Å². The van der Waals surface area contributed by atoms with Gasteiger partial charge in [0.2, 0.25) is 0 Å². The van der Waals surface area contributed by atoms with Crippen LogP contribution in [-0.2, 0) is 15.4 Å². The van der Waals surface area contributed by atoms with Gasteiger partial charge in [-0.2, -0.15) is 0 Å². The Kier molecular flexibility index (Phi) is 4.73. The number of halogens is 1. The molecule has 1 heterocycles. The zero-order valence-corrected chi connectivity index (χ0v) is 14.2. The smallest absolute Gasteiger partial charge is 0.257 e. The lowest BCUT2D eigenvalue weighted by Crippen LogP contribution is -2.19.